The SMILES string of the molecule is C/C(=C/C(=O)NCc1ccc(F)c(CO)c1)c1ccc(F)cc1. The fourth-order valence-corrected chi connectivity index (χ4v) is 2.09. The second kappa shape index (κ2) is 7.65. The van der Waals surface area contributed by atoms with Crippen molar-refractivity contribution < 1.29 is 18.7 Å². The Hall–Kier alpha value is -2.53. The van der Waals surface area contributed by atoms with Crippen molar-refractivity contribution in [1.82, 2.24) is 5.32 Å². The van der Waals surface area contributed by atoms with Gasteiger partial charge in [-0.05, 0) is 47.9 Å². The first-order valence-electron chi connectivity index (χ1n) is 7.10. The van der Waals surface area contributed by atoms with Crippen molar-refractivity contribution in [1.29, 1.82) is 0 Å². The number of aliphatic hydroxyl groups is 1. The maximum absolute atomic E-state index is 13.3. The van der Waals surface area contributed by atoms with Gasteiger partial charge < -0.3 is 10.4 Å². The Balaban J connectivity index is 1.99. The van der Waals surface area contributed by atoms with Gasteiger partial charge in [0.05, 0.1) is 6.61 Å². The van der Waals surface area contributed by atoms with Crippen LogP contribution in [0.25, 0.3) is 5.57 Å². The topological polar surface area (TPSA) is 49.3 Å². The third-order valence-electron chi connectivity index (χ3n) is 3.39. The summed E-state index contributed by atoms with van der Waals surface area (Å²) in [4.78, 5) is 11.9. The Labute approximate surface area is 133 Å². The Morgan fingerprint density at radius 1 is 1.17 bits per heavy atom. The lowest BCUT2D eigenvalue weighted by atomic mass is 10.1. The first-order chi connectivity index (χ1) is 11.0. The fourth-order valence-electron chi connectivity index (χ4n) is 2.09. The minimum atomic E-state index is -0.477. The van der Waals surface area contributed by atoms with Crippen LogP contribution >= 0.6 is 0 Å². The number of allylic oxidation sites excluding steroid dienone is 1. The zero-order valence-corrected chi connectivity index (χ0v) is 12.6. The minimum absolute atomic E-state index is 0.190. The zero-order chi connectivity index (χ0) is 16.8. The number of rotatable bonds is 5. The molecule has 2 rings (SSSR count). The second-order valence-electron chi connectivity index (χ2n) is 5.14. The van der Waals surface area contributed by atoms with Crippen molar-refractivity contribution in [2.75, 3.05) is 0 Å². The number of hydrogen-bond donors (Lipinski definition) is 2. The molecule has 0 saturated carbocycles. The first kappa shape index (κ1) is 16.8. The van der Waals surface area contributed by atoms with Crippen molar-refractivity contribution >= 4 is 11.5 Å². The highest BCUT2D eigenvalue weighted by Gasteiger charge is 2.05. The van der Waals surface area contributed by atoms with Gasteiger partial charge in [0.1, 0.15) is 11.6 Å². The second-order valence-corrected chi connectivity index (χ2v) is 5.14. The number of hydrogen-bond acceptors (Lipinski definition) is 2. The van der Waals surface area contributed by atoms with Gasteiger partial charge in [-0.25, -0.2) is 8.78 Å². The van der Waals surface area contributed by atoms with Gasteiger partial charge in [-0.1, -0.05) is 18.2 Å². The zero-order valence-electron chi connectivity index (χ0n) is 12.6. The number of benzene rings is 2. The van der Waals surface area contributed by atoms with E-state index in [9.17, 15) is 13.6 Å². The molecule has 5 heteroatoms. The van der Waals surface area contributed by atoms with Crippen LogP contribution in [-0.2, 0) is 17.9 Å². The summed E-state index contributed by atoms with van der Waals surface area (Å²) in [6.07, 6.45) is 1.42. The Morgan fingerprint density at radius 3 is 2.52 bits per heavy atom. The number of carbonyl (C=O) groups is 1. The standard InChI is InChI=1S/C18H17F2NO2/c1-12(14-3-5-16(19)6-4-14)8-18(23)21-10-13-2-7-17(20)15(9-13)11-22/h2-9,22H,10-11H2,1H3,(H,21,23)/b12-8-. The van der Waals surface area contributed by atoms with Gasteiger partial charge in [-0.2, -0.15) is 0 Å². The summed E-state index contributed by atoms with van der Waals surface area (Å²) in [7, 11) is 0. The van der Waals surface area contributed by atoms with Gasteiger partial charge in [-0.15, -0.1) is 0 Å². The molecule has 0 unspecified atom stereocenters. The molecule has 1 amide bonds. The predicted molar refractivity (Wildman–Crippen MR) is 84.2 cm³/mol. The van der Waals surface area contributed by atoms with E-state index in [2.05, 4.69) is 5.32 Å². The summed E-state index contributed by atoms with van der Waals surface area (Å²) >= 11 is 0. The van der Waals surface area contributed by atoms with Crippen LogP contribution in [0.5, 0.6) is 0 Å². The minimum Gasteiger partial charge on any atom is -0.392 e. The number of amides is 1. The summed E-state index contributed by atoms with van der Waals surface area (Å²) in [6.45, 7) is 1.59. The van der Waals surface area contributed by atoms with Crippen LogP contribution in [0, 0.1) is 11.6 Å². The normalized spacial score (nSPS) is 11.4. The fraction of sp³-hybridized carbons (Fsp3) is 0.167. The van der Waals surface area contributed by atoms with Crippen molar-refractivity contribution in [2.45, 2.75) is 20.1 Å². The van der Waals surface area contributed by atoms with Crippen LogP contribution < -0.4 is 5.32 Å². The predicted octanol–water partition coefficient (Wildman–Crippen LogP) is 3.18. The number of nitrogens with one attached hydrogen (secondary N) is 1. The lowest BCUT2D eigenvalue weighted by molar-refractivity contribution is -0.116. The highest BCUT2D eigenvalue weighted by Crippen LogP contribution is 2.14. The molecule has 0 spiro atoms. The molecular weight excluding hydrogens is 300 g/mol. The molecule has 2 aromatic carbocycles. The van der Waals surface area contributed by atoms with E-state index in [4.69, 9.17) is 5.11 Å². The smallest absolute Gasteiger partial charge is 0.244 e. The van der Waals surface area contributed by atoms with Crippen LogP contribution in [-0.4, -0.2) is 11.0 Å². The van der Waals surface area contributed by atoms with Crippen molar-refractivity contribution in [3.63, 3.8) is 0 Å². The largest absolute Gasteiger partial charge is 0.392 e. The molecule has 0 aromatic heterocycles. The number of halogens is 2. The molecule has 120 valence electrons. The molecule has 3 nitrogen and oxygen atoms in total. The molecule has 0 aliphatic carbocycles. The summed E-state index contributed by atoms with van der Waals surface area (Å²) < 4.78 is 26.1. The van der Waals surface area contributed by atoms with Crippen LogP contribution in [0.4, 0.5) is 8.78 Å². The van der Waals surface area contributed by atoms with Gasteiger partial charge in [0.2, 0.25) is 5.91 Å². The van der Waals surface area contributed by atoms with Crippen molar-refractivity contribution in [3.8, 4) is 0 Å². The number of carbonyl (C=O) groups excluding carboxylic acids is 1. The molecule has 0 aliphatic rings. The molecule has 0 atom stereocenters. The van der Waals surface area contributed by atoms with E-state index in [1.165, 1.54) is 30.3 Å². The molecule has 0 aliphatic heterocycles. The average molecular weight is 317 g/mol. The van der Waals surface area contributed by atoms with Crippen LogP contribution in [0.1, 0.15) is 23.6 Å². The summed E-state index contributed by atoms with van der Waals surface area (Å²) in [5.41, 5.74) is 2.34. The molecule has 0 heterocycles. The van der Waals surface area contributed by atoms with E-state index in [0.29, 0.717) is 11.1 Å². The van der Waals surface area contributed by atoms with E-state index in [1.807, 2.05) is 0 Å². The Bertz CT molecular complexity index is 724. The highest BCUT2D eigenvalue weighted by molar-refractivity contribution is 5.94. The quantitative estimate of drug-likeness (QED) is 0.832. The molecule has 2 N–H and O–H groups in total. The monoisotopic (exact) mass is 317 g/mol. The van der Waals surface area contributed by atoms with E-state index >= 15 is 0 Å². The average Bonchev–Trinajstić information content (AvgIpc) is 2.54. The maximum Gasteiger partial charge on any atom is 0.244 e. The van der Waals surface area contributed by atoms with Gasteiger partial charge in [0.15, 0.2) is 0 Å². The molecule has 0 saturated heterocycles. The Kier molecular flexibility index (Phi) is 5.60. The molecule has 23 heavy (non-hydrogen) atoms. The lowest BCUT2D eigenvalue weighted by Crippen LogP contribution is -2.20. The molecule has 0 radical (unpaired) electrons. The van der Waals surface area contributed by atoms with E-state index in [0.717, 1.165) is 5.56 Å². The maximum atomic E-state index is 13.3. The van der Waals surface area contributed by atoms with Gasteiger partial charge in [-0.3, -0.25) is 4.79 Å². The summed E-state index contributed by atoms with van der Waals surface area (Å²) in [6, 6.07) is 10.2. The van der Waals surface area contributed by atoms with Crippen molar-refractivity contribution in [2.24, 2.45) is 0 Å². The molecular formula is C18H17F2NO2. The van der Waals surface area contributed by atoms with E-state index < -0.39 is 12.4 Å². The molecule has 0 bridgehead atoms. The van der Waals surface area contributed by atoms with E-state index in [1.54, 1.807) is 25.1 Å². The summed E-state index contributed by atoms with van der Waals surface area (Å²) in [5, 5.41) is 11.7. The van der Waals surface area contributed by atoms with Crippen LogP contribution in [0.3, 0.4) is 0 Å². The third-order valence-corrected chi connectivity index (χ3v) is 3.39. The number of aliphatic hydroxyl groups excluding tert-OH is 1. The molecule has 0 fully saturated rings. The van der Waals surface area contributed by atoms with Gasteiger partial charge in [0, 0.05) is 18.2 Å². The highest BCUT2D eigenvalue weighted by atomic mass is 19.1. The lowest BCUT2D eigenvalue weighted by Gasteiger charge is -2.07. The van der Waals surface area contributed by atoms with E-state index in [-0.39, 0.29) is 23.8 Å². The van der Waals surface area contributed by atoms with Gasteiger partial charge in [0.25, 0.3) is 0 Å². The van der Waals surface area contributed by atoms with Crippen molar-refractivity contribution in [3.05, 3.63) is 76.9 Å². The molecule has 2 aromatic rings. The Morgan fingerprint density at radius 2 is 1.87 bits per heavy atom. The van der Waals surface area contributed by atoms with Crippen LogP contribution in [0.15, 0.2) is 48.5 Å². The summed E-state index contributed by atoms with van der Waals surface area (Å²) in [5.74, 6) is -1.11. The third kappa shape index (κ3) is 4.72. The first-order valence-corrected chi connectivity index (χ1v) is 7.10. The van der Waals surface area contributed by atoms with Gasteiger partial charge >= 0.3 is 0 Å². The van der Waals surface area contributed by atoms with Crippen LogP contribution in [0.2, 0.25) is 0 Å².